The first-order chi connectivity index (χ1) is 12.8. The SMILES string of the molecule is CC(C)N(Cc1ccccc1)S(=O)(=O)c1ccc2c(c1)NC(=O)[C@@H](C)CS2. The second kappa shape index (κ2) is 8.04. The summed E-state index contributed by atoms with van der Waals surface area (Å²) in [7, 11) is -3.70. The van der Waals surface area contributed by atoms with Gasteiger partial charge in [-0.25, -0.2) is 8.42 Å². The Morgan fingerprint density at radius 1 is 1.19 bits per heavy atom. The average molecular weight is 405 g/mol. The van der Waals surface area contributed by atoms with Gasteiger partial charge in [-0.3, -0.25) is 4.79 Å². The Labute approximate surface area is 165 Å². The van der Waals surface area contributed by atoms with E-state index in [0.717, 1.165) is 10.5 Å². The number of amides is 1. The van der Waals surface area contributed by atoms with Crippen molar-refractivity contribution in [3.8, 4) is 0 Å². The Hall–Kier alpha value is -1.83. The number of benzene rings is 2. The molecule has 0 fully saturated rings. The summed E-state index contributed by atoms with van der Waals surface area (Å²) in [4.78, 5) is 13.2. The van der Waals surface area contributed by atoms with Gasteiger partial charge in [0.2, 0.25) is 15.9 Å². The molecule has 0 aromatic heterocycles. The van der Waals surface area contributed by atoms with Gasteiger partial charge in [-0.15, -0.1) is 11.8 Å². The number of nitrogens with one attached hydrogen (secondary N) is 1. The van der Waals surface area contributed by atoms with Gasteiger partial charge in [-0.05, 0) is 37.6 Å². The van der Waals surface area contributed by atoms with Crippen molar-refractivity contribution in [3.63, 3.8) is 0 Å². The van der Waals surface area contributed by atoms with Gasteiger partial charge in [0.1, 0.15) is 0 Å². The van der Waals surface area contributed by atoms with Crippen molar-refractivity contribution in [1.29, 1.82) is 0 Å². The molecule has 0 saturated carbocycles. The van der Waals surface area contributed by atoms with E-state index in [0.29, 0.717) is 18.0 Å². The molecule has 2 aromatic carbocycles. The van der Waals surface area contributed by atoms with E-state index >= 15 is 0 Å². The summed E-state index contributed by atoms with van der Waals surface area (Å²) in [5.41, 5.74) is 1.50. The van der Waals surface area contributed by atoms with Gasteiger partial charge in [0, 0.05) is 29.2 Å². The number of carbonyl (C=O) groups excluding carboxylic acids is 1. The van der Waals surface area contributed by atoms with Gasteiger partial charge in [0.25, 0.3) is 0 Å². The highest BCUT2D eigenvalue weighted by atomic mass is 32.2. The van der Waals surface area contributed by atoms with Crippen molar-refractivity contribution in [2.24, 2.45) is 5.92 Å². The molecule has 1 aliphatic rings. The van der Waals surface area contributed by atoms with E-state index in [4.69, 9.17) is 0 Å². The Morgan fingerprint density at radius 2 is 1.89 bits per heavy atom. The number of anilines is 1. The second-order valence-electron chi connectivity index (χ2n) is 6.99. The number of carbonyl (C=O) groups is 1. The minimum Gasteiger partial charge on any atom is -0.325 e. The van der Waals surface area contributed by atoms with Crippen LogP contribution in [0.15, 0.2) is 58.3 Å². The first kappa shape index (κ1) is 19.9. The molecule has 0 saturated heterocycles. The fourth-order valence-electron chi connectivity index (χ4n) is 2.88. The lowest BCUT2D eigenvalue weighted by molar-refractivity contribution is -0.118. The highest BCUT2D eigenvalue weighted by Gasteiger charge is 2.29. The lowest BCUT2D eigenvalue weighted by Gasteiger charge is -2.26. The molecule has 144 valence electrons. The van der Waals surface area contributed by atoms with Crippen LogP contribution in [-0.2, 0) is 21.4 Å². The zero-order valence-corrected chi connectivity index (χ0v) is 17.3. The lowest BCUT2D eigenvalue weighted by Crippen LogP contribution is -2.36. The van der Waals surface area contributed by atoms with Crippen molar-refractivity contribution < 1.29 is 13.2 Å². The van der Waals surface area contributed by atoms with Crippen LogP contribution in [0.3, 0.4) is 0 Å². The van der Waals surface area contributed by atoms with E-state index in [1.54, 1.807) is 30.0 Å². The van der Waals surface area contributed by atoms with Crippen LogP contribution in [0.5, 0.6) is 0 Å². The molecule has 1 N–H and O–H groups in total. The standard InChI is InChI=1S/C20H24N2O3S2/c1-14(2)22(12-16-7-5-4-6-8-16)27(24,25)17-9-10-19-18(11-17)21-20(23)15(3)13-26-19/h4-11,14-15H,12-13H2,1-3H3,(H,21,23)/t15-/m0/s1. The highest BCUT2D eigenvalue weighted by molar-refractivity contribution is 7.99. The van der Waals surface area contributed by atoms with E-state index in [1.165, 1.54) is 4.31 Å². The fraction of sp³-hybridized carbons (Fsp3) is 0.350. The molecule has 5 nitrogen and oxygen atoms in total. The molecule has 7 heteroatoms. The highest BCUT2D eigenvalue weighted by Crippen LogP contribution is 2.35. The maximum absolute atomic E-state index is 13.3. The van der Waals surface area contributed by atoms with Crippen molar-refractivity contribution in [3.05, 3.63) is 54.1 Å². The van der Waals surface area contributed by atoms with E-state index < -0.39 is 10.0 Å². The topological polar surface area (TPSA) is 66.5 Å². The molecule has 1 atom stereocenters. The van der Waals surface area contributed by atoms with Crippen molar-refractivity contribution in [2.75, 3.05) is 11.1 Å². The predicted octanol–water partition coefficient (Wildman–Crippen LogP) is 3.97. The lowest BCUT2D eigenvalue weighted by atomic mass is 10.2. The number of hydrogen-bond donors (Lipinski definition) is 1. The third kappa shape index (κ3) is 4.36. The molecule has 3 rings (SSSR count). The number of rotatable bonds is 5. The second-order valence-corrected chi connectivity index (χ2v) is 9.94. The van der Waals surface area contributed by atoms with Crippen molar-refractivity contribution >= 4 is 33.4 Å². The number of fused-ring (bicyclic) bond motifs is 1. The first-order valence-corrected chi connectivity index (χ1v) is 11.3. The molecule has 1 heterocycles. The van der Waals surface area contributed by atoms with Crippen LogP contribution in [0, 0.1) is 5.92 Å². The Morgan fingerprint density at radius 3 is 2.56 bits per heavy atom. The van der Waals surface area contributed by atoms with E-state index in [9.17, 15) is 13.2 Å². The maximum atomic E-state index is 13.3. The van der Waals surface area contributed by atoms with Gasteiger partial charge in [0.15, 0.2) is 0 Å². The molecule has 0 unspecified atom stereocenters. The normalized spacial score (nSPS) is 17.5. The van der Waals surface area contributed by atoms with Crippen LogP contribution in [0.25, 0.3) is 0 Å². The van der Waals surface area contributed by atoms with E-state index in [-0.39, 0.29) is 22.8 Å². The predicted molar refractivity (Wildman–Crippen MR) is 109 cm³/mol. The molecule has 0 spiro atoms. The van der Waals surface area contributed by atoms with Gasteiger partial charge >= 0.3 is 0 Å². The summed E-state index contributed by atoms with van der Waals surface area (Å²) < 4.78 is 28.1. The zero-order valence-electron chi connectivity index (χ0n) is 15.7. The summed E-state index contributed by atoms with van der Waals surface area (Å²) in [5, 5.41) is 2.86. The number of nitrogens with zero attached hydrogens (tertiary/aromatic N) is 1. The van der Waals surface area contributed by atoms with Crippen molar-refractivity contribution in [2.45, 2.75) is 43.1 Å². The molecule has 1 amide bonds. The smallest absolute Gasteiger partial charge is 0.243 e. The average Bonchev–Trinajstić information content (AvgIpc) is 2.78. The largest absolute Gasteiger partial charge is 0.325 e. The minimum atomic E-state index is -3.70. The van der Waals surface area contributed by atoms with Gasteiger partial charge < -0.3 is 5.32 Å². The first-order valence-electron chi connectivity index (χ1n) is 8.92. The summed E-state index contributed by atoms with van der Waals surface area (Å²) in [6.45, 7) is 5.90. The van der Waals surface area contributed by atoms with Gasteiger partial charge in [-0.1, -0.05) is 37.3 Å². The van der Waals surface area contributed by atoms with Crippen LogP contribution < -0.4 is 5.32 Å². The van der Waals surface area contributed by atoms with Crippen LogP contribution in [0.2, 0.25) is 0 Å². The van der Waals surface area contributed by atoms with Crippen LogP contribution in [0.1, 0.15) is 26.3 Å². The molecule has 1 aliphatic heterocycles. The number of sulfonamides is 1. The van der Waals surface area contributed by atoms with Gasteiger partial charge in [-0.2, -0.15) is 4.31 Å². The third-order valence-corrected chi connectivity index (χ3v) is 7.86. The quantitative estimate of drug-likeness (QED) is 0.819. The molecule has 0 bridgehead atoms. The number of thioether (sulfide) groups is 1. The molecule has 2 aromatic rings. The van der Waals surface area contributed by atoms with E-state index in [2.05, 4.69) is 5.32 Å². The molecular formula is C20H24N2O3S2. The third-order valence-electron chi connectivity index (χ3n) is 4.51. The van der Waals surface area contributed by atoms with Crippen molar-refractivity contribution in [1.82, 2.24) is 4.31 Å². The summed E-state index contributed by atoms with van der Waals surface area (Å²) in [6.07, 6.45) is 0. The molecule has 0 radical (unpaired) electrons. The van der Waals surface area contributed by atoms with Crippen LogP contribution in [-0.4, -0.2) is 30.4 Å². The summed E-state index contributed by atoms with van der Waals surface area (Å²) in [6, 6.07) is 14.3. The summed E-state index contributed by atoms with van der Waals surface area (Å²) >= 11 is 1.57. The molecule has 0 aliphatic carbocycles. The molecule has 27 heavy (non-hydrogen) atoms. The van der Waals surface area contributed by atoms with Crippen LogP contribution >= 0.6 is 11.8 Å². The van der Waals surface area contributed by atoms with Crippen LogP contribution in [0.4, 0.5) is 5.69 Å². The molecular weight excluding hydrogens is 380 g/mol. The monoisotopic (exact) mass is 404 g/mol. The Bertz CT molecular complexity index is 927. The summed E-state index contributed by atoms with van der Waals surface area (Å²) in [5.74, 6) is 0.477. The Balaban J connectivity index is 1.95. The Kier molecular flexibility index (Phi) is 5.93. The van der Waals surface area contributed by atoms with Gasteiger partial charge in [0.05, 0.1) is 10.6 Å². The number of hydrogen-bond acceptors (Lipinski definition) is 4. The van der Waals surface area contributed by atoms with E-state index in [1.807, 2.05) is 51.1 Å². The minimum absolute atomic E-state index is 0.0826. The fourth-order valence-corrected chi connectivity index (χ4v) is 5.55. The zero-order chi connectivity index (χ0) is 19.6. The maximum Gasteiger partial charge on any atom is 0.243 e.